The number of carbonyl (C=O) groups is 2. The summed E-state index contributed by atoms with van der Waals surface area (Å²) < 4.78 is 26.0. The summed E-state index contributed by atoms with van der Waals surface area (Å²) >= 11 is 11.7. The van der Waals surface area contributed by atoms with Crippen LogP contribution in [-0.2, 0) is 19.6 Å². The predicted molar refractivity (Wildman–Crippen MR) is 78.8 cm³/mol. The first-order valence-electron chi connectivity index (χ1n) is 5.91. The highest BCUT2D eigenvalue weighted by atomic mass is 35.5. The summed E-state index contributed by atoms with van der Waals surface area (Å²) in [6, 6.07) is 2.61. The molecule has 0 radical (unpaired) electrons. The molecule has 0 spiro atoms. The number of hydrogen-bond donors (Lipinski definition) is 2. The quantitative estimate of drug-likeness (QED) is 0.840. The zero-order valence-corrected chi connectivity index (χ0v) is 13.2. The molecule has 0 saturated heterocycles. The second-order valence-electron chi connectivity index (χ2n) is 4.32. The molecule has 2 rings (SSSR count). The van der Waals surface area contributed by atoms with Crippen LogP contribution in [0.1, 0.15) is 6.42 Å². The van der Waals surface area contributed by atoms with Crippen LogP contribution in [0.4, 0.5) is 0 Å². The van der Waals surface area contributed by atoms with E-state index in [1.165, 1.54) is 18.2 Å². The standard InChI is InChI=1S/C12H10Cl2N2O5S/c13-7-2-1-3-9(11(7)14)22(20,21)16-5-4-15-12(19)8(16)6-10(17)18/h1-5,8H,6H2,(H,15,19)(H,17,18). The van der Waals surface area contributed by atoms with E-state index in [4.69, 9.17) is 28.3 Å². The van der Waals surface area contributed by atoms with Crippen molar-refractivity contribution in [2.24, 2.45) is 0 Å². The van der Waals surface area contributed by atoms with Crippen molar-refractivity contribution in [1.82, 2.24) is 9.62 Å². The van der Waals surface area contributed by atoms with E-state index < -0.39 is 34.4 Å². The number of carbonyl (C=O) groups excluding carboxylic acids is 1. The van der Waals surface area contributed by atoms with E-state index in [1.54, 1.807) is 0 Å². The van der Waals surface area contributed by atoms with Crippen molar-refractivity contribution in [1.29, 1.82) is 0 Å². The third-order valence-electron chi connectivity index (χ3n) is 2.90. The number of hydrogen-bond acceptors (Lipinski definition) is 4. The van der Waals surface area contributed by atoms with Crippen molar-refractivity contribution >= 4 is 45.1 Å². The van der Waals surface area contributed by atoms with Crippen LogP contribution in [0.15, 0.2) is 35.5 Å². The average Bonchev–Trinajstić information content (AvgIpc) is 2.43. The largest absolute Gasteiger partial charge is 0.481 e. The molecule has 0 aromatic heterocycles. The van der Waals surface area contributed by atoms with Gasteiger partial charge < -0.3 is 10.4 Å². The molecule has 1 aliphatic rings. The number of amides is 1. The van der Waals surface area contributed by atoms with E-state index in [9.17, 15) is 18.0 Å². The molecule has 22 heavy (non-hydrogen) atoms. The minimum absolute atomic E-state index is 0.0305. The van der Waals surface area contributed by atoms with Gasteiger partial charge in [0.15, 0.2) is 0 Å². The number of rotatable bonds is 4. The van der Waals surface area contributed by atoms with Crippen molar-refractivity contribution in [2.75, 3.05) is 0 Å². The Kier molecular flexibility index (Phi) is 4.64. The first-order valence-corrected chi connectivity index (χ1v) is 8.11. The van der Waals surface area contributed by atoms with Gasteiger partial charge in [0.2, 0.25) is 5.91 Å². The lowest BCUT2D eigenvalue weighted by Crippen LogP contribution is -2.50. The molecule has 0 fully saturated rings. The Morgan fingerprint density at radius 2 is 2.05 bits per heavy atom. The van der Waals surface area contributed by atoms with E-state index in [0.717, 1.165) is 12.4 Å². The minimum Gasteiger partial charge on any atom is -0.481 e. The highest BCUT2D eigenvalue weighted by Crippen LogP contribution is 2.32. The number of carboxylic acid groups (broad SMARTS) is 1. The van der Waals surface area contributed by atoms with Gasteiger partial charge in [-0.25, -0.2) is 8.42 Å². The third kappa shape index (κ3) is 3.03. The Morgan fingerprint density at radius 1 is 1.36 bits per heavy atom. The zero-order valence-electron chi connectivity index (χ0n) is 10.9. The van der Waals surface area contributed by atoms with Gasteiger partial charge in [0.05, 0.1) is 16.5 Å². The second-order valence-corrected chi connectivity index (χ2v) is 6.92. The van der Waals surface area contributed by atoms with Crippen LogP contribution in [0.3, 0.4) is 0 Å². The lowest BCUT2D eigenvalue weighted by atomic mass is 10.2. The topological polar surface area (TPSA) is 104 Å². The molecule has 1 heterocycles. The molecule has 10 heteroatoms. The Morgan fingerprint density at radius 3 is 2.68 bits per heavy atom. The minimum atomic E-state index is -4.24. The fourth-order valence-corrected chi connectivity index (χ4v) is 4.09. The molecular weight excluding hydrogens is 355 g/mol. The van der Waals surface area contributed by atoms with Crippen molar-refractivity contribution < 1.29 is 23.1 Å². The summed E-state index contributed by atoms with van der Waals surface area (Å²) in [6.07, 6.45) is 1.49. The molecule has 1 unspecified atom stereocenters. The Balaban J connectivity index is 2.52. The average molecular weight is 365 g/mol. The molecular formula is C12H10Cl2N2O5S. The number of carboxylic acids is 1. The predicted octanol–water partition coefficient (Wildman–Crippen LogP) is 1.43. The Bertz CT molecular complexity index is 763. The number of nitrogens with zero attached hydrogens (tertiary/aromatic N) is 1. The van der Waals surface area contributed by atoms with Crippen LogP contribution in [0.2, 0.25) is 10.0 Å². The number of nitrogens with one attached hydrogen (secondary N) is 1. The van der Waals surface area contributed by atoms with Gasteiger partial charge in [-0.3, -0.25) is 13.9 Å². The van der Waals surface area contributed by atoms with Crippen molar-refractivity contribution in [3.63, 3.8) is 0 Å². The molecule has 1 aliphatic heterocycles. The highest BCUT2D eigenvalue weighted by molar-refractivity contribution is 7.89. The Hall–Kier alpha value is -1.77. The maximum Gasteiger partial charge on any atom is 0.306 e. The van der Waals surface area contributed by atoms with Crippen molar-refractivity contribution in [3.8, 4) is 0 Å². The summed E-state index contributed by atoms with van der Waals surface area (Å²) in [4.78, 5) is 22.3. The maximum atomic E-state index is 12.7. The molecule has 2 N–H and O–H groups in total. The van der Waals surface area contributed by atoms with Gasteiger partial charge in [-0.15, -0.1) is 0 Å². The lowest BCUT2D eigenvalue weighted by Gasteiger charge is -2.30. The summed E-state index contributed by atoms with van der Waals surface area (Å²) in [5.74, 6) is -2.06. The van der Waals surface area contributed by atoms with Gasteiger partial charge in [-0.05, 0) is 12.1 Å². The number of aliphatic carboxylic acids is 1. The van der Waals surface area contributed by atoms with Gasteiger partial charge in [0.25, 0.3) is 10.0 Å². The second kappa shape index (κ2) is 6.15. The molecule has 0 saturated carbocycles. The third-order valence-corrected chi connectivity index (χ3v) is 5.65. The fraction of sp³-hybridized carbons (Fsp3) is 0.167. The molecule has 1 amide bonds. The summed E-state index contributed by atoms with van der Waals surface area (Å²) in [6.45, 7) is 0. The van der Waals surface area contributed by atoms with Crippen LogP contribution in [0.5, 0.6) is 0 Å². The van der Waals surface area contributed by atoms with Crippen LogP contribution >= 0.6 is 23.2 Å². The lowest BCUT2D eigenvalue weighted by molar-refractivity contribution is -0.140. The van der Waals surface area contributed by atoms with E-state index >= 15 is 0 Å². The van der Waals surface area contributed by atoms with Gasteiger partial charge in [-0.2, -0.15) is 0 Å². The molecule has 1 aromatic carbocycles. The monoisotopic (exact) mass is 364 g/mol. The van der Waals surface area contributed by atoms with Gasteiger partial charge >= 0.3 is 5.97 Å². The van der Waals surface area contributed by atoms with Crippen LogP contribution < -0.4 is 5.32 Å². The summed E-state index contributed by atoms with van der Waals surface area (Å²) in [7, 11) is -4.24. The molecule has 1 atom stereocenters. The first kappa shape index (κ1) is 16.6. The van der Waals surface area contributed by atoms with Crippen LogP contribution in [0, 0.1) is 0 Å². The van der Waals surface area contributed by atoms with E-state index in [0.29, 0.717) is 4.31 Å². The van der Waals surface area contributed by atoms with Gasteiger partial charge in [-0.1, -0.05) is 29.3 Å². The van der Waals surface area contributed by atoms with Crippen molar-refractivity contribution in [3.05, 3.63) is 40.6 Å². The SMILES string of the molecule is O=C(O)CC1C(=O)NC=CN1S(=O)(=O)c1cccc(Cl)c1Cl. The smallest absolute Gasteiger partial charge is 0.306 e. The molecule has 118 valence electrons. The maximum absolute atomic E-state index is 12.7. The van der Waals surface area contributed by atoms with E-state index in [2.05, 4.69) is 5.32 Å². The number of halogens is 2. The molecule has 1 aromatic rings. The van der Waals surface area contributed by atoms with Gasteiger partial charge in [0.1, 0.15) is 10.9 Å². The van der Waals surface area contributed by atoms with Crippen LogP contribution in [0.25, 0.3) is 0 Å². The van der Waals surface area contributed by atoms with E-state index in [1.807, 2.05) is 0 Å². The fourth-order valence-electron chi connectivity index (χ4n) is 1.90. The summed E-state index contributed by atoms with van der Waals surface area (Å²) in [5.41, 5.74) is 0. The normalized spacial score (nSPS) is 18.2. The first-order chi connectivity index (χ1) is 10.2. The Labute approximate surface area is 136 Å². The van der Waals surface area contributed by atoms with Gasteiger partial charge in [0, 0.05) is 12.4 Å². The molecule has 0 aliphatic carbocycles. The van der Waals surface area contributed by atoms with Crippen molar-refractivity contribution in [2.45, 2.75) is 17.4 Å². The molecule has 7 nitrogen and oxygen atoms in total. The number of benzene rings is 1. The van der Waals surface area contributed by atoms with E-state index in [-0.39, 0.29) is 14.9 Å². The van der Waals surface area contributed by atoms with Crippen LogP contribution in [-0.4, -0.2) is 35.7 Å². The molecule has 0 bridgehead atoms. The number of sulfonamides is 1. The summed E-state index contributed by atoms with van der Waals surface area (Å²) in [5, 5.41) is 11.0. The highest BCUT2D eigenvalue weighted by Gasteiger charge is 2.38. The zero-order chi connectivity index (χ0) is 16.5.